The largest absolute Gasteiger partial charge is 0.508 e. The molecule has 3 rings (SSSR count). The van der Waals surface area contributed by atoms with E-state index in [4.69, 9.17) is 0 Å². The Labute approximate surface area is 177 Å². The fraction of sp³-hybridized carbons (Fsp3) is 0.519. The minimum atomic E-state index is -0.445. The fourth-order valence-corrected chi connectivity index (χ4v) is 5.05. The lowest BCUT2D eigenvalue weighted by Gasteiger charge is -2.41. The zero-order valence-corrected chi connectivity index (χ0v) is 18.9. The molecule has 1 aliphatic rings. The third kappa shape index (κ3) is 4.04. The molecule has 2 N–H and O–H groups in total. The first-order valence-corrected chi connectivity index (χ1v) is 10.9. The van der Waals surface area contributed by atoms with Crippen molar-refractivity contribution >= 4 is 0 Å². The quantitative estimate of drug-likeness (QED) is 0.539. The lowest BCUT2D eigenvalue weighted by Crippen LogP contribution is -2.34. The Morgan fingerprint density at radius 3 is 1.66 bits per heavy atom. The summed E-state index contributed by atoms with van der Waals surface area (Å²) in [5.41, 5.74) is 3.36. The van der Waals surface area contributed by atoms with Gasteiger partial charge in [-0.2, -0.15) is 0 Å². The van der Waals surface area contributed by atoms with E-state index in [1.807, 2.05) is 12.1 Å². The topological polar surface area (TPSA) is 40.5 Å². The number of benzene rings is 2. The van der Waals surface area contributed by atoms with Gasteiger partial charge in [-0.1, -0.05) is 85.1 Å². The molecule has 0 amide bonds. The van der Waals surface area contributed by atoms with Gasteiger partial charge in [0.1, 0.15) is 11.5 Å². The van der Waals surface area contributed by atoms with Crippen LogP contribution in [-0.2, 0) is 16.2 Å². The molecule has 0 spiro atoms. The van der Waals surface area contributed by atoms with Crippen LogP contribution in [0.15, 0.2) is 36.4 Å². The van der Waals surface area contributed by atoms with E-state index in [0.717, 1.165) is 47.9 Å². The molecule has 2 radical (unpaired) electrons. The van der Waals surface area contributed by atoms with Gasteiger partial charge in [-0.15, -0.1) is 0 Å². The molecule has 1 fully saturated rings. The molecule has 0 saturated heterocycles. The Hall–Kier alpha value is -1.96. The summed E-state index contributed by atoms with van der Waals surface area (Å²) in [5, 5.41) is 21.8. The average molecular weight is 393 g/mol. The summed E-state index contributed by atoms with van der Waals surface area (Å²) in [6.45, 7) is 12.9. The van der Waals surface area contributed by atoms with Crippen LogP contribution in [0.1, 0.15) is 95.9 Å². The molecular weight excluding hydrogens is 356 g/mol. The van der Waals surface area contributed by atoms with Crippen molar-refractivity contribution in [2.45, 2.75) is 89.9 Å². The van der Waals surface area contributed by atoms with Gasteiger partial charge in [-0.05, 0) is 53.4 Å². The highest BCUT2D eigenvalue weighted by Crippen LogP contribution is 2.52. The molecule has 2 aromatic carbocycles. The molecule has 2 nitrogen and oxygen atoms in total. The smallest absolute Gasteiger partial charge is 0.119 e. The molecule has 0 aromatic heterocycles. The van der Waals surface area contributed by atoms with Gasteiger partial charge in [0.2, 0.25) is 0 Å². The molecule has 0 aliphatic heterocycles. The minimum absolute atomic E-state index is 0.208. The second-order valence-electron chi connectivity index (χ2n) is 10.5. The zero-order chi connectivity index (χ0) is 21.4. The van der Waals surface area contributed by atoms with Crippen LogP contribution < -0.4 is 0 Å². The Bertz CT molecular complexity index is 792. The molecule has 1 saturated carbocycles. The van der Waals surface area contributed by atoms with Crippen molar-refractivity contribution in [2.75, 3.05) is 0 Å². The van der Waals surface area contributed by atoms with E-state index in [9.17, 15) is 10.2 Å². The molecular formula is C27H36O2. The maximum absolute atomic E-state index is 10.9. The van der Waals surface area contributed by atoms with Gasteiger partial charge in [-0.25, -0.2) is 0 Å². The van der Waals surface area contributed by atoms with Gasteiger partial charge >= 0.3 is 0 Å². The standard InChI is InChI=1S/C27H36O2/c1-25(2,3)23-19(13-11-15-21(23)28)27(17-9-7-8-10-18-27)20-14-12-16-22(29)24(20)26(4,5)6/h11-16,28-29H,7-10,17H2,1-6H3. The highest BCUT2D eigenvalue weighted by Gasteiger charge is 2.42. The lowest BCUT2D eigenvalue weighted by atomic mass is 9.62. The van der Waals surface area contributed by atoms with Gasteiger partial charge in [0, 0.05) is 16.5 Å². The van der Waals surface area contributed by atoms with Gasteiger partial charge in [0.25, 0.3) is 0 Å². The monoisotopic (exact) mass is 392 g/mol. The van der Waals surface area contributed by atoms with Crippen LogP contribution in [0.4, 0.5) is 0 Å². The van der Waals surface area contributed by atoms with Gasteiger partial charge in [-0.3, -0.25) is 0 Å². The number of rotatable bonds is 2. The predicted octanol–water partition coefficient (Wildman–Crippen LogP) is 7.02. The van der Waals surface area contributed by atoms with Gasteiger partial charge in [0.05, 0.1) is 0 Å². The third-order valence-corrected chi connectivity index (χ3v) is 6.16. The maximum atomic E-state index is 10.9. The SMILES string of the molecule is CC(C)(C)c1c(O)cccc1C1(c2cccc(O)c2C(C)(C)C)[C]CCCCC1. The number of hydrogen-bond donors (Lipinski definition) is 2. The summed E-state index contributed by atoms with van der Waals surface area (Å²) in [5.74, 6) is 0.691. The summed E-state index contributed by atoms with van der Waals surface area (Å²) >= 11 is 0. The summed E-state index contributed by atoms with van der Waals surface area (Å²) in [7, 11) is 0. The van der Waals surface area contributed by atoms with E-state index in [0.29, 0.717) is 11.5 Å². The van der Waals surface area contributed by atoms with Crippen LogP contribution >= 0.6 is 0 Å². The minimum Gasteiger partial charge on any atom is -0.508 e. The summed E-state index contributed by atoms with van der Waals surface area (Å²) in [6.07, 6.45) is 9.16. The molecule has 2 aromatic rings. The van der Waals surface area contributed by atoms with Crippen molar-refractivity contribution in [3.05, 3.63) is 65.1 Å². The van der Waals surface area contributed by atoms with Crippen molar-refractivity contribution in [2.24, 2.45) is 0 Å². The Kier molecular flexibility index (Phi) is 5.77. The molecule has 0 bridgehead atoms. The molecule has 0 atom stereocenters. The van der Waals surface area contributed by atoms with Crippen molar-refractivity contribution in [3.63, 3.8) is 0 Å². The van der Waals surface area contributed by atoms with Crippen LogP contribution in [0.3, 0.4) is 0 Å². The number of hydrogen-bond acceptors (Lipinski definition) is 2. The van der Waals surface area contributed by atoms with E-state index in [1.54, 1.807) is 12.1 Å². The first-order chi connectivity index (χ1) is 13.5. The lowest BCUT2D eigenvalue weighted by molar-refractivity contribution is 0.421. The Morgan fingerprint density at radius 1 is 0.724 bits per heavy atom. The zero-order valence-electron chi connectivity index (χ0n) is 18.9. The van der Waals surface area contributed by atoms with Crippen molar-refractivity contribution in [3.8, 4) is 11.5 Å². The third-order valence-electron chi connectivity index (χ3n) is 6.16. The summed E-state index contributed by atoms with van der Waals surface area (Å²) < 4.78 is 0. The predicted molar refractivity (Wildman–Crippen MR) is 121 cm³/mol. The van der Waals surface area contributed by atoms with E-state index < -0.39 is 5.41 Å². The molecule has 29 heavy (non-hydrogen) atoms. The number of phenols is 2. The number of phenolic OH excluding ortho intramolecular Hbond substituents is 2. The molecule has 156 valence electrons. The van der Waals surface area contributed by atoms with E-state index >= 15 is 0 Å². The first-order valence-electron chi connectivity index (χ1n) is 10.9. The second kappa shape index (κ2) is 7.70. The van der Waals surface area contributed by atoms with Crippen LogP contribution in [0.2, 0.25) is 0 Å². The summed E-state index contributed by atoms with van der Waals surface area (Å²) in [6, 6.07) is 11.8. The van der Waals surface area contributed by atoms with E-state index in [2.05, 4.69) is 60.1 Å². The molecule has 2 heteroatoms. The normalized spacial score (nSPS) is 17.7. The molecule has 0 unspecified atom stereocenters. The Balaban J connectivity index is 2.41. The Morgan fingerprint density at radius 2 is 1.21 bits per heavy atom. The van der Waals surface area contributed by atoms with E-state index in [-0.39, 0.29) is 10.8 Å². The maximum Gasteiger partial charge on any atom is 0.119 e. The van der Waals surface area contributed by atoms with Gasteiger partial charge < -0.3 is 10.2 Å². The molecule has 1 aliphatic carbocycles. The summed E-state index contributed by atoms with van der Waals surface area (Å²) in [4.78, 5) is 0. The van der Waals surface area contributed by atoms with Crippen molar-refractivity contribution in [1.29, 1.82) is 0 Å². The fourth-order valence-electron chi connectivity index (χ4n) is 5.05. The number of aromatic hydroxyl groups is 2. The average Bonchev–Trinajstić information content (AvgIpc) is 2.86. The molecule has 0 heterocycles. The van der Waals surface area contributed by atoms with Crippen LogP contribution in [0, 0.1) is 6.42 Å². The van der Waals surface area contributed by atoms with Crippen molar-refractivity contribution < 1.29 is 10.2 Å². The second-order valence-corrected chi connectivity index (χ2v) is 10.5. The highest BCUT2D eigenvalue weighted by atomic mass is 16.3. The highest BCUT2D eigenvalue weighted by molar-refractivity contribution is 5.58. The van der Waals surface area contributed by atoms with Crippen LogP contribution in [-0.4, -0.2) is 10.2 Å². The van der Waals surface area contributed by atoms with Gasteiger partial charge in [0.15, 0.2) is 0 Å². The van der Waals surface area contributed by atoms with Crippen LogP contribution in [0.25, 0.3) is 0 Å². The van der Waals surface area contributed by atoms with Crippen LogP contribution in [0.5, 0.6) is 11.5 Å². The van der Waals surface area contributed by atoms with Crippen molar-refractivity contribution in [1.82, 2.24) is 0 Å². The first kappa shape index (κ1) is 21.7. The van der Waals surface area contributed by atoms with E-state index in [1.165, 1.54) is 6.42 Å².